The van der Waals surface area contributed by atoms with Gasteiger partial charge in [-0.1, -0.05) is 6.92 Å². The van der Waals surface area contributed by atoms with Crippen LogP contribution in [-0.4, -0.2) is 28.4 Å². The van der Waals surface area contributed by atoms with Crippen LogP contribution in [0, 0.1) is 6.92 Å². The Morgan fingerprint density at radius 1 is 1.11 bits per heavy atom. The van der Waals surface area contributed by atoms with Gasteiger partial charge in [-0.3, -0.25) is 9.20 Å². The molecule has 1 saturated heterocycles. The zero-order chi connectivity index (χ0) is 18.8. The molecule has 3 aromatic rings. The molecule has 0 aliphatic carbocycles. The zero-order valence-electron chi connectivity index (χ0n) is 16.0. The fourth-order valence-corrected chi connectivity index (χ4v) is 3.78. The highest BCUT2D eigenvalue weighted by atomic mass is 16.2. The first-order valence-electron chi connectivity index (χ1n) is 9.79. The molecule has 3 heterocycles. The quantitative estimate of drug-likeness (QED) is 0.746. The van der Waals surface area contributed by atoms with Gasteiger partial charge >= 0.3 is 0 Å². The van der Waals surface area contributed by atoms with Gasteiger partial charge in [0.05, 0.1) is 5.69 Å². The van der Waals surface area contributed by atoms with E-state index in [0.717, 1.165) is 42.1 Å². The van der Waals surface area contributed by atoms with Crippen molar-refractivity contribution in [1.29, 1.82) is 0 Å². The first-order valence-corrected chi connectivity index (χ1v) is 9.79. The molecule has 1 aliphatic heterocycles. The highest BCUT2D eigenvalue weighted by Gasteiger charge is 2.18. The summed E-state index contributed by atoms with van der Waals surface area (Å²) in [5, 5.41) is 3.04. The van der Waals surface area contributed by atoms with E-state index in [0.29, 0.717) is 5.69 Å². The molecule has 27 heavy (non-hydrogen) atoms. The van der Waals surface area contributed by atoms with Gasteiger partial charge in [0.25, 0.3) is 5.91 Å². The van der Waals surface area contributed by atoms with Gasteiger partial charge in [0.2, 0.25) is 0 Å². The molecule has 2 aromatic heterocycles. The Bertz CT molecular complexity index is 952. The Hall–Kier alpha value is -2.82. The first-order chi connectivity index (χ1) is 13.2. The molecule has 1 amide bonds. The fourth-order valence-electron chi connectivity index (χ4n) is 3.78. The summed E-state index contributed by atoms with van der Waals surface area (Å²) in [5.74, 6) is -0.117. The standard InChI is InChI=1S/C22H26N4O/c1-3-19-21(26-14-11-16(2)15-20(26)24-19)22(27)23-17-7-9-18(10-8-17)25-12-5-4-6-13-25/h7-11,14-15H,3-6,12-13H2,1-2H3,(H,23,27). The number of fused-ring (bicyclic) bond motifs is 1. The second-order valence-electron chi connectivity index (χ2n) is 7.24. The van der Waals surface area contributed by atoms with Crippen molar-refractivity contribution in [2.24, 2.45) is 0 Å². The SMILES string of the molecule is CCc1nc2cc(C)ccn2c1C(=O)Nc1ccc(N2CCCCC2)cc1. The van der Waals surface area contributed by atoms with Gasteiger partial charge in [0, 0.05) is 30.7 Å². The zero-order valence-corrected chi connectivity index (χ0v) is 16.0. The van der Waals surface area contributed by atoms with Crippen LogP contribution in [0.2, 0.25) is 0 Å². The van der Waals surface area contributed by atoms with Crippen molar-refractivity contribution in [3.8, 4) is 0 Å². The van der Waals surface area contributed by atoms with Gasteiger partial charge in [-0.25, -0.2) is 4.98 Å². The summed E-state index contributed by atoms with van der Waals surface area (Å²) in [6, 6.07) is 12.2. The van der Waals surface area contributed by atoms with Crippen molar-refractivity contribution in [3.05, 3.63) is 59.5 Å². The van der Waals surface area contributed by atoms with E-state index in [1.54, 1.807) is 0 Å². The predicted octanol–water partition coefficient (Wildman–Crippen LogP) is 4.45. The van der Waals surface area contributed by atoms with E-state index in [9.17, 15) is 4.79 Å². The van der Waals surface area contributed by atoms with Crippen LogP contribution in [0.4, 0.5) is 11.4 Å². The Kier molecular flexibility index (Phi) is 4.84. The number of carbonyl (C=O) groups is 1. The maximum Gasteiger partial charge on any atom is 0.274 e. The third-order valence-electron chi connectivity index (χ3n) is 5.25. The van der Waals surface area contributed by atoms with Crippen molar-refractivity contribution >= 4 is 22.9 Å². The van der Waals surface area contributed by atoms with Crippen LogP contribution in [0.25, 0.3) is 5.65 Å². The van der Waals surface area contributed by atoms with E-state index in [-0.39, 0.29) is 5.91 Å². The van der Waals surface area contributed by atoms with E-state index in [1.165, 1.54) is 24.9 Å². The molecule has 0 unspecified atom stereocenters. The molecule has 0 saturated carbocycles. The summed E-state index contributed by atoms with van der Waals surface area (Å²) in [6.07, 6.45) is 6.48. The monoisotopic (exact) mass is 362 g/mol. The lowest BCUT2D eigenvalue weighted by atomic mass is 10.1. The van der Waals surface area contributed by atoms with Crippen molar-refractivity contribution in [3.63, 3.8) is 0 Å². The minimum absolute atomic E-state index is 0.117. The lowest BCUT2D eigenvalue weighted by molar-refractivity contribution is 0.102. The van der Waals surface area contributed by atoms with Crippen LogP contribution in [0.15, 0.2) is 42.6 Å². The number of rotatable bonds is 4. The largest absolute Gasteiger partial charge is 0.372 e. The van der Waals surface area contributed by atoms with Crippen LogP contribution >= 0.6 is 0 Å². The average molecular weight is 362 g/mol. The summed E-state index contributed by atoms with van der Waals surface area (Å²) < 4.78 is 1.88. The Morgan fingerprint density at radius 2 is 1.85 bits per heavy atom. The molecule has 0 radical (unpaired) electrons. The number of piperidine rings is 1. The minimum atomic E-state index is -0.117. The van der Waals surface area contributed by atoms with Gasteiger partial charge in [-0.15, -0.1) is 0 Å². The molecule has 4 rings (SSSR count). The van der Waals surface area contributed by atoms with Gasteiger partial charge in [-0.2, -0.15) is 0 Å². The molecule has 1 aliphatic rings. The number of aryl methyl sites for hydroxylation is 2. The normalized spacial score (nSPS) is 14.5. The molecule has 0 spiro atoms. The lowest BCUT2D eigenvalue weighted by Gasteiger charge is -2.28. The number of anilines is 2. The molecular weight excluding hydrogens is 336 g/mol. The fraction of sp³-hybridized carbons (Fsp3) is 0.364. The second kappa shape index (κ2) is 7.43. The van der Waals surface area contributed by atoms with Crippen LogP contribution < -0.4 is 10.2 Å². The molecule has 0 bridgehead atoms. The molecule has 140 valence electrons. The highest BCUT2D eigenvalue weighted by molar-refractivity contribution is 6.04. The van der Waals surface area contributed by atoms with Gasteiger partial charge in [-0.05, 0) is 74.6 Å². The van der Waals surface area contributed by atoms with Crippen molar-refractivity contribution < 1.29 is 4.79 Å². The molecule has 1 N–H and O–H groups in total. The van der Waals surface area contributed by atoms with E-state index in [2.05, 4.69) is 27.3 Å². The number of nitrogens with one attached hydrogen (secondary N) is 1. The number of pyridine rings is 1. The summed E-state index contributed by atoms with van der Waals surface area (Å²) in [7, 11) is 0. The predicted molar refractivity (Wildman–Crippen MR) is 110 cm³/mol. The average Bonchev–Trinajstić information content (AvgIpc) is 3.07. The van der Waals surface area contributed by atoms with E-state index in [1.807, 2.05) is 48.7 Å². The summed E-state index contributed by atoms with van der Waals surface area (Å²) in [5.41, 5.74) is 5.43. The maximum absolute atomic E-state index is 13.0. The third kappa shape index (κ3) is 3.54. The summed E-state index contributed by atoms with van der Waals surface area (Å²) in [6.45, 7) is 6.29. The first kappa shape index (κ1) is 17.6. The number of nitrogens with zero attached hydrogens (tertiary/aromatic N) is 3. The van der Waals surface area contributed by atoms with Crippen LogP contribution in [0.5, 0.6) is 0 Å². The molecular formula is C22H26N4O. The van der Waals surface area contributed by atoms with Crippen LogP contribution in [0.1, 0.15) is 47.9 Å². The lowest BCUT2D eigenvalue weighted by Crippen LogP contribution is -2.29. The van der Waals surface area contributed by atoms with Gasteiger partial charge in [0.15, 0.2) is 0 Å². The van der Waals surface area contributed by atoms with Crippen LogP contribution in [-0.2, 0) is 6.42 Å². The number of imidazole rings is 1. The second-order valence-corrected chi connectivity index (χ2v) is 7.24. The third-order valence-corrected chi connectivity index (χ3v) is 5.25. The number of benzene rings is 1. The number of carbonyl (C=O) groups excluding carboxylic acids is 1. The Morgan fingerprint density at radius 3 is 2.56 bits per heavy atom. The maximum atomic E-state index is 13.0. The Balaban J connectivity index is 1.56. The van der Waals surface area contributed by atoms with Crippen molar-refractivity contribution in [2.45, 2.75) is 39.5 Å². The topological polar surface area (TPSA) is 49.6 Å². The Labute approximate surface area is 160 Å². The summed E-state index contributed by atoms with van der Waals surface area (Å²) >= 11 is 0. The molecule has 1 aromatic carbocycles. The molecule has 0 atom stereocenters. The molecule has 5 heteroatoms. The van der Waals surface area contributed by atoms with Crippen molar-refractivity contribution in [2.75, 3.05) is 23.3 Å². The van der Waals surface area contributed by atoms with Crippen LogP contribution in [0.3, 0.4) is 0 Å². The molecule has 1 fully saturated rings. The van der Waals surface area contributed by atoms with Gasteiger partial charge < -0.3 is 10.2 Å². The van der Waals surface area contributed by atoms with Gasteiger partial charge in [0.1, 0.15) is 11.3 Å². The number of hydrogen-bond acceptors (Lipinski definition) is 3. The highest BCUT2D eigenvalue weighted by Crippen LogP contribution is 2.23. The number of hydrogen-bond donors (Lipinski definition) is 1. The number of amides is 1. The van der Waals surface area contributed by atoms with Crippen molar-refractivity contribution in [1.82, 2.24) is 9.38 Å². The summed E-state index contributed by atoms with van der Waals surface area (Å²) in [4.78, 5) is 20.0. The number of aromatic nitrogens is 2. The van der Waals surface area contributed by atoms with E-state index >= 15 is 0 Å². The molecule has 5 nitrogen and oxygen atoms in total. The van der Waals surface area contributed by atoms with E-state index in [4.69, 9.17) is 0 Å². The van der Waals surface area contributed by atoms with E-state index < -0.39 is 0 Å². The smallest absolute Gasteiger partial charge is 0.274 e. The minimum Gasteiger partial charge on any atom is -0.372 e.